The fourth-order valence-electron chi connectivity index (χ4n) is 2.59. The van der Waals surface area contributed by atoms with Crippen molar-refractivity contribution >= 4 is 34.3 Å². The van der Waals surface area contributed by atoms with Gasteiger partial charge in [-0.1, -0.05) is 23.7 Å². The van der Waals surface area contributed by atoms with E-state index in [0.29, 0.717) is 28.5 Å². The Labute approximate surface area is 157 Å². The molecule has 0 saturated carbocycles. The highest BCUT2D eigenvalue weighted by Crippen LogP contribution is 2.27. The molecule has 6 heteroatoms. The van der Waals surface area contributed by atoms with Gasteiger partial charge in [0.25, 0.3) is 0 Å². The number of carbonyl (C=O) groups is 1. The van der Waals surface area contributed by atoms with Gasteiger partial charge in [-0.2, -0.15) is 0 Å². The van der Waals surface area contributed by atoms with Crippen molar-refractivity contribution in [3.05, 3.63) is 64.4 Å². The lowest BCUT2D eigenvalue weighted by Gasteiger charge is -2.15. The van der Waals surface area contributed by atoms with Gasteiger partial charge in [0, 0.05) is 28.8 Å². The number of carbonyl (C=O) groups excluding carboxylic acids is 1. The summed E-state index contributed by atoms with van der Waals surface area (Å²) in [5, 5.41) is 4.81. The fraction of sp³-hybridized carbons (Fsp3) is 0.250. The lowest BCUT2D eigenvalue weighted by atomic mass is 10.1. The quantitative estimate of drug-likeness (QED) is 0.656. The molecule has 0 amide bonds. The molecule has 0 saturated heterocycles. The Morgan fingerprint density at radius 3 is 2.62 bits per heavy atom. The summed E-state index contributed by atoms with van der Waals surface area (Å²) in [7, 11) is 0. The van der Waals surface area contributed by atoms with Gasteiger partial charge in [-0.15, -0.1) is 0 Å². The molecule has 3 rings (SSSR count). The standard InChI is InChI=1S/C20H20ClN3O2/c1-12(2)26-20(25)17-11-23-19-16(9-4-13(3)24-19)18(17)22-10-14-5-7-15(21)8-6-14/h4-9,11-12H,10H2,1-3H3,(H,22,23,24). The molecule has 2 aromatic heterocycles. The molecule has 0 atom stereocenters. The first kappa shape index (κ1) is 18.1. The van der Waals surface area contributed by atoms with Crippen LogP contribution in [0.15, 0.2) is 42.6 Å². The average molecular weight is 370 g/mol. The molecule has 134 valence electrons. The first-order valence-corrected chi connectivity index (χ1v) is 8.77. The van der Waals surface area contributed by atoms with Gasteiger partial charge in [0.2, 0.25) is 0 Å². The van der Waals surface area contributed by atoms with Gasteiger partial charge in [0.05, 0.1) is 11.8 Å². The van der Waals surface area contributed by atoms with Crippen molar-refractivity contribution in [1.29, 1.82) is 0 Å². The summed E-state index contributed by atoms with van der Waals surface area (Å²) < 4.78 is 5.36. The number of anilines is 1. The van der Waals surface area contributed by atoms with Crippen molar-refractivity contribution < 1.29 is 9.53 Å². The lowest BCUT2D eigenvalue weighted by Crippen LogP contribution is -2.15. The molecule has 0 aliphatic carbocycles. The Morgan fingerprint density at radius 1 is 1.19 bits per heavy atom. The SMILES string of the molecule is Cc1ccc2c(NCc3ccc(Cl)cc3)c(C(=O)OC(C)C)cnc2n1. The third-order valence-electron chi connectivity index (χ3n) is 3.81. The van der Waals surface area contributed by atoms with Crippen LogP contribution in [0.5, 0.6) is 0 Å². The van der Waals surface area contributed by atoms with E-state index in [4.69, 9.17) is 16.3 Å². The summed E-state index contributed by atoms with van der Waals surface area (Å²) in [6.07, 6.45) is 1.31. The Balaban J connectivity index is 2.00. The number of benzene rings is 1. The molecule has 0 spiro atoms. The molecule has 0 aliphatic heterocycles. The molecule has 0 unspecified atom stereocenters. The van der Waals surface area contributed by atoms with E-state index in [1.165, 1.54) is 6.20 Å². The first-order valence-electron chi connectivity index (χ1n) is 8.39. The molecule has 0 radical (unpaired) electrons. The average Bonchev–Trinajstić information content (AvgIpc) is 2.60. The maximum atomic E-state index is 12.5. The van der Waals surface area contributed by atoms with Crippen molar-refractivity contribution in [2.45, 2.75) is 33.4 Å². The van der Waals surface area contributed by atoms with Gasteiger partial charge >= 0.3 is 5.97 Å². The van der Waals surface area contributed by atoms with Crippen molar-refractivity contribution in [3.8, 4) is 0 Å². The number of esters is 1. The smallest absolute Gasteiger partial charge is 0.342 e. The number of pyridine rings is 2. The molecule has 1 N–H and O–H groups in total. The zero-order valence-corrected chi connectivity index (χ0v) is 15.7. The molecule has 0 bridgehead atoms. The lowest BCUT2D eigenvalue weighted by molar-refractivity contribution is 0.0379. The second-order valence-electron chi connectivity index (χ2n) is 6.30. The van der Waals surface area contributed by atoms with Crippen LogP contribution in [0, 0.1) is 6.92 Å². The predicted octanol–water partition coefficient (Wildman–Crippen LogP) is 4.77. The topological polar surface area (TPSA) is 64.1 Å². The van der Waals surface area contributed by atoms with E-state index in [2.05, 4.69) is 15.3 Å². The van der Waals surface area contributed by atoms with Crippen LogP contribution in [0.4, 0.5) is 5.69 Å². The summed E-state index contributed by atoms with van der Waals surface area (Å²) in [5.74, 6) is -0.409. The van der Waals surface area contributed by atoms with Gasteiger partial charge in [-0.25, -0.2) is 14.8 Å². The third-order valence-corrected chi connectivity index (χ3v) is 4.07. The summed E-state index contributed by atoms with van der Waals surface area (Å²) in [6.45, 7) is 6.07. The largest absolute Gasteiger partial charge is 0.459 e. The van der Waals surface area contributed by atoms with Gasteiger partial charge in [-0.05, 0) is 50.6 Å². The van der Waals surface area contributed by atoms with Crippen molar-refractivity contribution in [1.82, 2.24) is 9.97 Å². The van der Waals surface area contributed by atoms with Crippen molar-refractivity contribution in [3.63, 3.8) is 0 Å². The Morgan fingerprint density at radius 2 is 1.92 bits per heavy atom. The normalized spacial score (nSPS) is 11.0. The third kappa shape index (κ3) is 4.11. The van der Waals surface area contributed by atoms with Crippen LogP contribution in [-0.2, 0) is 11.3 Å². The molecule has 2 heterocycles. The molecule has 1 aromatic carbocycles. The van der Waals surface area contributed by atoms with Gasteiger partial charge in [0.15, 0.2) is 5.65 Å². The Kier molecular flexibility index (Phi) is 5.38. The van der Waals surface area contributed by atoms with Crippen LogP contribution in [0.25, 0.3) is 11.0 Å². The highest BCUT2D eigenvalue weighted by molar-refractivity contribution is 6.30. The highest BCUT2D eigenvalue weighted by Gasteiger charge is 2.18. The number of nitrogens with zero attached hydrogens (tertiary/aromatic N) is 2. The molecule has 0 aliphatic rings. The van der Waals surface area contributed by atoms with E-state index >= 15 is 0 Å². The number of rotatable bonds is 5. The van der Waals surface area contributed by atoms with Gasteiger partial charge in [0.1, 0.15) is 5.56 Å². The summed E-state index contributed by atoms with van der Waals surface area (Å²) in [6, 6.07) is 11.4. The maximum Gasteiger partial charge on any atom is 0.342 e. The minimum absolute atomic E-state index is 0.210. The van der Waals surface area contributed by atoms with E-state index in [1.54, 1.807) is 0 Å². The fourth-order valence-corrected chi connectivity index (χ4v) is 2.71. The number of aromatic nitrogens is 2. The molecule has 26 heavy (non-hydrogen) atoms. The second kappa shape index (κ2) is 7.70. The molecular weight excluding hydrogens is 350 g/mol. The first-order chi connectivity index (χ1) is 12.4. The molecule has 5 nitrogen and oxygen atoms in total. The molecule has 0 fully saturated rings. The predicted molar refractivity (Wildman–Crippen MR) is 104 cm³/mol. The summed E-state index contributed by atoms with van der Waals surface area (Å²) >= 11 is 5.94. The van der Waals surface area contributed by atoms with Crippen LogP contribution in [0.1, 0.15) is 35.5 Å². The van der Waals surface area contributed by atoms with E-state index in [-0.39, 0.29) is 6.10 Å². The zero-order chi connectivity index (χ0) is 18.7. The number of hydrogen-bond donors (Lipinski definition) is 1. The maximum absolute atomic E-state index is 12.5. The van der Waals surface area contributed by atoms with E-state index in [0.717, 1.165) is 16.6 Å². The second-order valence-corrected chi connectivity index (χ2v) is 6.74. The summed E-state index contributed by atoms with van der Waals surface area (Å²) in [4.78, 5) is 21.3. The number of hydrogen-bond acceptors (Lipinski definition) is 5. The number of nitrogens with one attached hydrogen (secondary N) is 1. The van der Waals surface area contributed by atoms with Crippen molar-refractivity contribution in [2.24, 2.45) is 0 Å². The number of aryl methyl sites for hydroxylation is 1. The van der Waals surface area contributed by atoms with Crippen LogP contribution in [0.3, 0.4) is 0 Å². The van der Waals surface area contributed by atoms with E-state index < -0.39 is 5.97 Å². The number of ether oxygens (including phenoxy) is 1. The zero-order valence-electron chi connectivity index (χ0n) is 14.9. The van der Waals surface area contributed by atoms with Crippen LogP contribution in [0.2, 0.25) is 5.02 Å². The minimum Gasteiger partial charge on any atom is -0.459 e. The van der Waals surface area contributed by atoms with Crippen LogP contribution < -0.4 is 5.32 Å². The monoisotopic (exact) mass is 369 g/mol. The van der Waals surface area contributed by atoms with Crippen LogP contribution >= 0.6 is 11.6 Å². The minimum atomic E-state index is -0.409. The molecular formula is C20H20ClN3O2. The number of halogens is 1. The molecule has 3 aromatic rings. The Hall–Kier alpha value is -2.66. The number of fused-ring (bicyclic) bond motifs is 1. The van der Waals surface area contributed by atoms with Crippen molar-refractivity contribution in [2.75, 3.05) is 5.32 Å². The van der Waals surface area contributed by atoms with Gasteiger partial charge < -0.3 is 10.1 Å². The van der Waals surface area contributed by atoms with E-state index in [1.807, 2.05) is 57.2 Å². The highest BCUT2D eigenvalue weighted by atomic mass is 35.5. The summed E-state index contributed by atoms with van der Waals surface area (Å²) in [5.41, 5.74) is 3.56. The van der Waals surface area contributed by atoms with E-state index in [9.17, 15) is 4.79 Å². The Bertz CT molecular complexity index is 940. The van der Waals surface area contributed by atoms with Crippen LogP contribution in [-0.4, -0.2) is 22.0 Å². The van der Waals surface area contributed by atoms with Gasteiger partial charge in [-0.3, -0.25) is 0 Å².